The van der Waals surface area contributed by atoms with Crippen LogP contribution in [0.15, 0.2) is 72.9 Å². The molecule has 0 atom stereocenters. The molecular weight excluding hydrogens is 470 g/mol. The fourth-order valence-electron chi connectivity index (χ4n) is 3.49. The maximum atomic E-state index is 14.8. The van der Waals surface area contributed by atoms with Crippen molar-refractivity contribution in [1.82, 2.24) is 19.6 Å². The average Bonchev–Trinajstić information content (AvgIpc) is 3.34. The molecule has 9 nitrogen and oxygen atoms in total. The topological polar surface area (TPSA) is 117 Å². The molecule has 3 heterocycles. The van der Waals surface area contributed by atoms with Crippen LogP contribution < -0.4 is 20.5 Å². The van der Waals surface area contributed by atoms with Crippen molar-refractivity contribution >= 4 is 23.1 Å². The van der Waals surface area contributed by atoms with E-state index in [2.05, 4.69) is 20.4 Å². The number of hydrogen-bond donors (Lipinski definition) is 2. The number of anilines is 2. The van der Waals surface area contributed by atoms with Crippen molar-refractivity contribution in [2.24, 2.45) is 0 Å². The molecule has 11 heteroatoms. The SMILES string of the molecule is COc1ccc(-c2cccc(C(=O)Nc3ccc(Oc4cc(N)nc5ccnn45)c(F)c3)n2)cc1F. The number of nitrogens with two attached hydrogens (primary N) is 1. The minimum absolute atomic E-state index is 0.0674. The number of nitrogens with one attached hydrogen (secondary N) is 1. The highest BCUT2D eigenvalue weighted by Gasteiger charge is 2.14. The molecule has 0 aliphatic carbocycles. The Bertz CT molecular complexity index is 1600. The van der Waals surface area contributed by atoms with E-state index in [1.165, 1.54) is 54.2 Å². The molecular formula is C25H18F2N6O3. The number of benzene rings is 2. The summed E-state index contributed by atoms with van der Waals surface area (Å²) in [6.45, 7) is 0. The molecule has 0 saturated carbocycles. The van der Waals surface area contributed by atoms with Gasteiger partial charge in [-0.1, -0.05) is 6.07 Å². The summed E-state index contributed by atoms with van der Waals surface area (Å²) < 4.78 is 40.8. The van der Waals surface area contributed by atoms with Crippen LogP contribution in [0.25, 0.3) is 16.9 Å². The summed E-state index contributed by atoms with van der Waals surface area (Å²) in [5.41, 5.74) is 7.33. The number of amides is 1. The lowest BCUT2D eigenvalue weighted by atomic mass is 10.1. The third kappa shape index (κ3) is 4.49. The lowest BCUT2D eigenvalue weighted by molar-refractivity contribution is 0.102. The monoisotopic (exact) mass is 488 g/mol. The van der Waals surface area contributed by atoms with Gasteiger partial charge in [-0.25, -0.2) is 18.7 Å². The molecule has 180 valence electrons. The number of halogens is 2. The summed E-state index contributed by atoms with van der Waals surface area (Å²) >= 11 is 0. The van der Waals surface area contributed by atoms with E-state index >= 15 is 0 Å². The molecule has 1 amide bonds. The van der Waals surface area contributed by atoms with Crippen molar-refractivity contribution < 1.29 is 23.0 Å². The molecule has 0 aliphatic heterocycles. The second-order valence-electron chi connectivity index (χ2n) is 7.58. The number of rotatable bonds is 6. The van der Waals surface area contributed by atoms with Crippen molar-refractivity contribution in [3.05, 3.63) is 90.3 Å². The molecule has 0 aliphatic rings. The fraction of sp³-hybridized carbons (Fsp3) is 0.0400. The zero-order valence-corrected chi connectivity index (χ0v) is 18.8. The summed E-state index contributed by atoms with van der Waals surface area (Å²) in [6.07, 6.45) is 1.51. The third-order valence-corrected chi connectivity index (χ3v) is 5.18. The zero-order valence-electron chi connectivity index (χ0n) is 18.8. The van der Waals surface area contributed by atoms with Crippen LogP contribution in [0, 0.1) is 11.6 Å². The van der Waals surface area contributed by atoms with Gasteiger partial charge in [0.2, 0.25) is 5.88 Å². The highest BCUT2D eigenvalue weighted by molar-refractivity contribution is 6.03. The van der Waals surface area contributed by atoms with Gasteiger partial charge in [0, 0.05) is 29.4 Å². The number of nitrogens with zero attached hydrogens (tertiary/aromatic N) is 4. The summed E-state index contributed by atoms with van der Waals surface area (Å²) in [6, 6.07) is 16.1. The van der Waals surface area contributed by atoms with E-state index in [0.717, 1.165) is 6.07 Å². The van der Waals surface area contributed by atoms with E-state index < -0.39 is 17.5 Å². The van der Waals surface area contributed by atoms with Gasteiger partial charge in [0.15, 0.2) is 28.8 Å². The van der Waals surface area contributed by atoms with Crippen molar-refractivity contribution in [2.75, 3.05) is 18.2 Å². The Morgan fingerprint density at radius 2 is 1.78 bits per heavy atom. The van der Waals surface area contributed by atoms with Gasteiger partial charge >= 0.3 is 0 Å². The Hall–Kier alpha value is -5.06. The standard InChI is InChI=1S/C25H18F2N6O3/c1-35-20-7-5-14(11-16(20)26)18-3-2-4-19(31-18)25(34)30-15-6-8-21(17(27)12-15)36-24-13-22(28)32-23-9-10-29-33(23)24/h2-13H,1H3,(H2,28,32)(H,30,34). The van der Waals surface area contributed by atoms with Gasteiger partial charge < -0.3 is 20.5 Å². The number of carbonyl (C=O) groups excluding carboxylic acids is 1. The van der Waals surface area contributed by atoms with Crippen LogP contribution >= 0.6 is 0 Å². The van der Waals surface area contributed by atoms with Crippen LogP contribution in [-0.2, 0) is 0 Å². The smallest absolute Gasteiger partial charge is 0.274 e. The van der Waals surface area contributed by atoms with E-state index in [1.54, 1.807) is 24.3 Å². The van der Waals surface area contributed by atoms with E-state index in [1.807, 2.05) is 0 Å². The van der Waals surface area contributed by atoms with Crippen molar-refractivity contribution in [3.8, 4) is 28.6 Å². The molecule has 5 aromatic rings. The molecule has 0 bridgehead atoms. The molecule has 0 fully saturated rings. The molecule has 0 spiro atoms. The summed E-state index contributed by atoms with van der Waals surface area (Å²) in [4.78, 5) is 21.2. The Labute approximate surface area is 203 Å². The first-order valence-electron chi connectivity index (χ1n) is 10.6. The summed E-state index contributed by atoms with van der Waals surface area (Å²) in [7, 11) is 1.37. The Morgan fingerprint density at radius 3 is 2.56 bits per heavy atom. The van der Waals surface area contributed by atoms with Gasteiger partial charge in [-0.05, 0) is 42.5 Å². The van der Waals surface area contributed by atoms with Gasteiger partial charge in [-0.2, -0.15) is 9.61 Å². The van der Waals surface area contributed by atoms with Crippen molar-refractivity contribution in [1.29, 1.82) is 0 Å². The van der Waals surface area contributed by atoms with E-state index in [-0.39, 0.29) is 34.6 Å². The van der Waals surface area contributed by atoms with Crippen LogP contribution in [0.5, 0.6) is 17.4 Å². The van der Waals surface area contributed by atoms with Gasteiger partial charge in [-0.3, -0.25) is 4.79 Å². The van der Waals surface area contributed by atoms with E-state index in [4.69, 9.17) is 15.2 Å². The number of carbonyl (C=O) groups is 1. The fourth-order valence-corrected chi connectivity index (χ4v) is 3.49. The van der Waals surface area contributed by atoms with Crippen LogP contribution in [0.1, 0.15) is 10.5 Å². The summed E-state index contributed by atoms with van der Waals surface area (Å²) in [5, 5.41) is 6.67. The maximum Gasteiger partial charge on any atom is 0.274 e. The number of aromatic nitrogens is 4. The predicted octanol–water partition coefficient (Wildman–Crippen LogP) is 4.70. The Kier molecular flexibility index (Phi) is 5.87. The number of pyridine rings is 1. The quantitative estimate of drug-likeness (QED) is 0.356. The zero-order chi connectivity index (χ0) is 25.2. The molecule has 36 heavy (non-hydrogen) atoms. The first kappa shape index (κ1) is 22.7. The predicted molar refractivity (Wildman–Crippen MR) is 128 cm³/mol. The molecule has 5 rings (SSSR count). The largest absolute Gasteiger partial charge is 0.494 e. The lowest BCUT2D eigenvalue weighted by Gasteiger charge is -2.11. The molecule has 0 saturated heterocycles. The maximum absolute atomic E-state index is 14.8. The van der Waals surface area contributed by atoms with Crippen LogP contribution in [0.2, 0.25) is 0 Å². The molecule has 0 radical (unpaired) electrons. The molecule has 3 N–H and O–H groups in total. The number of ether oxygens (including phenoxy) is 2. The number of methoxy groups -OCH3 is 1. The lowest BCUT2D eigenvalue weighted by Crippen LogP contribution is -2.14. The van der Waals surface area contributed by atoms with Gasteiger partial charge in [0.1, 0.15) is 11.5 Å². The van der Waals surface area contributed by atoms with Gasteiger partial charge in [-0.15, -0.1) is 0 Å². The summed E-state index contributed by atoms with van der Waals surface area (Å²) in [5.74, 6) is -1.48. The second-order valence-corrected chi connectivity index (χ2v) is 7.58. The average molecular weight is 488 g/mol. The Balaban J connectivity index is 1.34. The second kappa shape index (κ2) is 9.29. The molecule has 3 aromatic heterocycles. The first-order valence-corrected chi connectivity index (χ1v) is 10.6. The number of hydrogen-bond acceptors (Lipinski definition) is 7. The van der Waals surface area contributed by atoms with Crippen LogP contribution in [0.3, 0.4) is 0 Å². The minimum atomic E-state index is -0.723. The first-order chi connectivity index (χ1) is 17.4. The van der Waals surface area contributed by atoms with E-state index in [9.17, 15) is 13.6 Å². The van der Waals surface area contributed by atoms with Crippen LogP contribution in [-0.4, -0.2) is 32.6 Å². The van der Waals surface area contributed by atoms with Crippen molar-refractivity contribution in [2.45, 2.75) is 0 Å². The van der Waals surface area contributed by atoms with Crippen LogP contribution in [0.4, 0.5) is 20.3 Å². The highest BCUT2D eigenvalue weighted by Crippen LogP contribution is 2.28. The van der Waals surface area contributed by atoms with Crippen molar-refractivity contribution in [3.63, 3.8) is 0 Å². The Morgan fingerprint density at radius 1 is 0.972 bits per heavy atom. The minimum Gasteiger partial charge on any atom is -0.494 e. The normalized spacial score (nSPS) is 10.9. The van der Waals surface area contributed by atoms with E-state index in [0.29, 0.717) is 16.9 Å². The highest BCUT2D eigenvalue weighted by atomic mass is 19.1. The molecule has 0 unspecified atom stereocenters. The van der Waals surface area contributed by atoms with Gasteiger partial charge in [0.05, 0.1) is 19.0 Å². The number of nitrogen functional groups attached to an aromatic ring is 1. The van der Waals surface area contributed by atoms with Gasteiger partial charge in [0.25, 0.3) is 5.91 Å². The number of fused-ring (bicyclic) bond motifs is 1. The molecule has 2 aromatic carbocycles. The third-order valence-electron chi connectivity index (χ3n) is 5.18.